The van der Waals surface area contributed by atoms with Gasteiger partial charge in [-0.05, 0) is 19.3 Å². The maximum atomic E-state index is 5.05. The summed E-state index contributed by atoms with van der Waals surface area (Å²) in [5.74, 6) is 2.61. The Morgan fingerprint density at radius 3 is 2.88 bits per heavy atom. The molecule has 0 aromatic heterocycles. The lowest BCUT2D eigenvalue weighted by Crippen LogP contribution is -1.73. The van der Waals surface area contributed by atoms with E-state index in [-0.39, 0.29) is 0 Å². The Bertz CT molecular complexity index is 66.6. The molecule has 0 aromatic rings. The quantitative estimate of drug-likeness (QED) is 0.384. The summed E-state index contributed by atoms with van der Waals surface area (Å²) < 4.78 is 0. The van der Waals surface area contributed by atoms with E-state index < -0.39 is 0 Å². The second-order valence-electron chi connectivity index (χ2n) is 1.79. The average Bonchev–Trinajstić information content (AvgIpc) is 1.81. The molecule has 0 aliphatic heterocycles. The van der Waals surface area contributed by atoms with Crippen LogP contribution in [-0.2, 0) is 0 Å². The van der Waals surface area contributed by atoms with Crippen molar-refractivity contribution >= 4 is 0 Å². The Kier molecular flexibility index (Phi) is 6.20. The van der Waals surface area contributed by atoms with Gasteiger partial charge in [-0.15, -0.1) is 12.3 Å². The molecule has 0 unspecified atom stereocenters. The van der Waals surface area contributed by atoms with Crippen LogP contribution in [0.3, 0.4) is 0 Å². The maximum absolute atomic E-state index is 5.05. The largest absolute Gasteiger partial charge is 0.120 e. The SMILES string of the molecule is C#CCCC[CH]CC. The van der Waals surface area contributed by atoms with E-state index in [4.69, 9.17) is 6.42 Å². The fourth-order valence-electron chi connectivity index (χ4n) is 0.553. The van der Waals surface area contributed by atoms with E-state index in [1.807, 2.05) is 0 Å². The van der Waals surface area contributed by atoms with Crippen molar-refractivity contribution in [3.05, 3.63) is 6.42 Å². The molecule has 0 saturated carbocycles. The molecule has 0 rings (SSSR count). The normalized spacial score (nSPS) is 8.50. The monoisotopic (exact) mass is 109 g/mol. The molecule has 0 amide bonds. The minimum atomic E-state index is 0.927. The van der Waals surface area contributed by atoms with E-state index in [0.29, 0.717) is 0 Å². The summed E-state index contributed by atoms with van der Waals surface area (Å²) in [5, 5.41) is 0. The highest BCUT2D eigenvalue weighted by molar-refractivity contribution is 4.83. The van der Waals surface area contributed by atoms with E-state index in [2.05, 4.69) is 19.3 Å². The number of rotatable bonds is 4. The molecule has 1 radical (unpaired) electrons. The molecule has 0 atom stereocenters. The number of terminal acetylenes is 1. The molecule has 0 bridgehead atoms. The van der Waals surface area contributed by atoms with Gasteiger partial charge in [-0.25, -0.2) is 0 Å². The molecule has 0 N–H and O–H groups in total. The molecule has 0 fully saturated rings. The zero-order chi connectivity index (χ0) is 6.24. The molecule has 0 saturated heterocycles. The Balaban J connectivity index is 2.65. The summed E-state index contributed by atoms with van der Waals surface area (Å²) in [5.41, 5.74) is 0. The molecular formula is C8H13. The summed E-state index contributed by atoms with van der Waals surface area (Å²) in [6.45, 7) is 2.15. The molecule has 8 heavy (non-hydrogen) atoms. The second-order valence-corrected chi connectivity index (χ2v) is 1.79. The van der Waals surface area contributed by atoms with Crippen molar-refractivity contribution in [3.8, 4) is 12.3 Å². The van der Waals surface area contributed by atoms with Crippen LogP contribution in [0.15, 0.2) is 0 Å². The van der Waals surface area contributed by atoms with Crippen molar-refractivity contribution in [2.75, 3.05) is 0 Å². The van der Waals surface area contributed by atoms with Gasteiger partial charge in [0.25, 0.3) is 0 Å². The Morgan fingerprint density at radius 1 is 1.62 bits per heavy atom. The fraction of sp³-hybridized carbons (Fsp3) is 0.625. The van der Waals surface area contributed by atoms with Crippen molar-refractivity contribution in [2.45, 2.75) is 32.6 Å². The topological polar surface area (TPSA) is 0 Å². The van der Waals surface area contributed by atoms with Crippen LogP contribution in [0.5, 0.6) is 0 Å². The first-order valence-electron chi connectivity index (χ1n) is 3.17. The van der Waals surface area contributed by atoms with Crippen LogP contribution in [0, 0.1) is 18.8 Å². The molecule has 0 aliphatic rings. The molecule has 0 spiro atoms. The lowest BCUT2D eigenvalue weighted by Gasteiger charge is -1.90. The van der Waals surface area contributed by atoms with Crippen LogP contribution < -0.4 is 0 Å². The number of hydrogen-bond acceptors (Lipinski definition) is 0. The molecule has 0 heteroatoms. The van der Waals surface area contributed by atoms with Crippen LogP contribution in [0.1, 0.15) is 32.6 Å². The van der Waals surface area contributed by atoms with Crippen LogP contribution in [0.4, 0.5) is 0 Å². The highest BCUT2D eigenvalue weighted by Gasteiger charge is 1.82. The van der Waals surface area contributed by atoms with E-state index in [0.717, 1.165) is 12.8 Å². The minimum Gasteiger partial charge on any atom is -0.120 e. The summed E-state index contributed by atoms with van der Waals surface area (Å²) in [6.07, 6.45) is 11.7. The van der Waals surface area contributed by atoms with Crippen LogP contribution in [0.2, 0.25) is 0 Å². The van der Waals surface area contributed by atoms with Crippen molar-refractivity contribution in [3.63, 3.8) is 0 Å². The lowest BCUT2D eigenvalue weighted by atomic mass is 10.2. The smallest absolute Gasteiger partial charge is 0.00861 e. The number of unbranched alkanes of at least 4 members (excludes halogenated alkanes) is 4. The fourth-order valence-corrected chi connectivity index (χ4v) is 0.553. The van der Waals surface area contributed by atoms with Crippen molar-refractivity contribution in [1.82, 2.24) is 0 Å². The molecule has 0 nitrogen and oxygen atoms in total. The van der Waals surface area contributed by atoms with Gasteiger partial charge in [-0.1, -0.05) is 13.3 Å². The van der Waals surface area contributed by atoms with Gasteiger partial charge in [0, 0.05) is 6.42 Å². The first-order valence-corrected chi connectivity index (χ1v) is 3.17. The lowest BCUT2D eigenvalue weighted by molar-refractivity contribution is 0.808. The molecule has 0 aliphatic carbocycles. The minimum absolute atomic E-state index is 0.927. The van der Waals surface area contributed by atoms with Crippen LogP contribution in [-0.4, -0.2) is 0 Å². The van der Waals surface area contributed by atoms with Gasteiger partial charge in [0.2, 0.25) is 0 Å². The van der Waals surface area contributed by atoms with E-state index in [9.17, 15) is 0 Å². The van der Waals surface area contributed by atoms with E-state index >= 15 is 0 Å². The van der Waals surface area contributed by atoms with Gasteiger partial charge in [0.1, 0.15) is 0 Å². The zero-order valence-corrected chi connectivity index (χ0v) is 5.48. The third-order valence-corrected chi connectivity index (χ3v) is 1.02. The van der Waals surface area contributed by atoms with Gasteiger partial charge in [-0.2, -0.15) is 0 Å². The predicted molar refractivity (Wildman–Crippen MR) is 37.3 cm³/mol. The van der Waals surface area contributed by atoms with Crippen molar-refractivity contribution in [1.29, 1.82) is 0 Å². The Hall–Kier alpha value is -0.440. The van der Waals surface area contributed by atoms with Gasteiger partial charge in [0.05, 0.1) is 0 Å². The summed E-state index contributed by atoms with van der Waals surface area (Å²) in [7, 11) is 0. The summed E-state index contributed by atoms with van der Waals surface area (Å²) in [4.78, 5) is 0. The first-order chi connectivity index (χ1) is 3.91. The molecule has 45 valence electrons. The third-order valence-electron chi connectivity index (χ3n) is 1.02. The van der Waals surface area contributed by atoms with Gasteiger partial charge >= 0.3 is 0 Å². The van der Waals surface area contributed by atoms with Gasteiger partial charge in [0.15, 0.2) is 0 Å². The second kappa shape index (κ2) is 6.56. The predicted octanol–water partition coefficient (Wildman–Crippen LogP) is 2.40. The molecule has 0 heterocycles. The molecule has 0 aromatic carbocycles. The summed E-state index contributed by atoms with van der Waals surface area (Å²) in [6, 6.07) is 0. The van der Waals surface area contributed by atoms with Crippen molar-refractivity contribution in [2.24, 2.45) is 0 Å². The Labute approximate surface area is 52.3 Å². The van der Waals surface area contributed by atoms with Gasteiger partial charge < -0.3 is 0 Å². The van der Waals surface area contributed by atoms with Gasteiger partial charge in [-0.3, -0.25) is 0 Å². The highest BCUT2D eigenvalue weighted by atomic mass is 13.9. The average molecular weight is 109 g/mol. The highest BCUT2D eigenvalue weighted by Crippen LogP contribution is 1.98. The van der Waals surface area contributed by atoms with E-state index in [1.54, 1.807) is 0 Å². The summed E-state index contributed by atoms with van der Waals surface area (Å²) >= 11 is 0. The zero-order valence-electron chi connectivity index (χ0n) is 5.48. The standard InChI is InChI=1S/C8H13/c1-3-5-7-8-6-4-2/h1,6H,4-5,7-8H2,2H3. The molecular weight excluding hydrogens is 96.1 g/mol. The maximum Gasteiger partial charge on any atom is 0.00861 e. The Morgan fingerprint density at radius 2 is 2.38 bits per heavy atom. The third kappa shape index (κ3) is 5.56. The van der Waals surface area contributed by atoms with Crippen LogP contribution >= 0.6 is 0 Å². The van der Waals surface area contributed by atoms with E-state index in [1.165, 1.54) is 12.8 Å². The van der Waals surface area contributed by atoms with Crippen LogP contribution in [0.25, 0.3) is 0 Å². The number of hydrogen-bond donors (Lipinski definition) is 0. The van der Waals surface area contributed by atoms with Crippen molar-refractivity contribution < 1.29 is 0 Å². The first kappa shape index (κ1) is 7.56.